The fourth-order valence-corrected chi connectivity index (χ4v) is 4.66. The highest BCUT2D eigenvalue weighted by Gasteiger charge is 2.29. The predicted octanol–water partition coefficient (Wildman–Crippen LogP) is 3.76. The van der Waals surface area contributed by atoms with E-state index in [0.29, 0.717) is 21.9 Å². The van der Waals surface area contributed by atoms with Crippen molar-refractivity contribution in [3.05, 3.63) is 94.2 Å². The van der Waals surface area contributed by atoms with Crippen LogP contribution in [0.1, 0.15) is 16.1 Å². The van der Waals surface area contributed by atoms with E-state index in [9.17, 15) is 26.8 Å². The lowest BCUT2D eigenvalue weighted by Gasteiger charge is -2.13. The largest absolute Gasteiger partial charge is 0.464 e. The molecule has 3 aromatic heterocycles. The molecule has 0 atom stereocenters. The van der Waals surface area contributed by atoms with Gasteiger partial charge in [-0.25, -0.2) is 21.9 Å². The summed E-state index contributed by atoms with van der Waals surface area (Å²) in [6.07, 6.45) is 3.66. The van der Waals surface area contributed by atoms with Crippen molar-refractivity contribution >= 4 is 37.8 Å². The summed E-state index contributed by atoms with van der Waals surface area (Å²) in [7, 11) is -4.01. The molecule has 0 fully saturated rings. The van der Waals surface area contributed by atoms with Crippen LogP contribution in [0.4, 0.5) is 8.78 Å². The molecular weight excluding hydrogens is 480 g/mol. The first kappa shape index (κ1) is 22.5. The SMILES string of the molecule is CS(=O)(=O)NC(=O)c1c(-c2ccc[nH]c2=O)c2c3ccoc3ccc2n1Cc1cc(F)ccc1F. The number of pyridine rings is 1. The molecule has 0 saturated carbocycles. The molecular formula is C24H17F2N3O5S. The second kappa shape index (κ2) is 8.20. The number of fused-ring (bicyclic) bond motifs is 3. The molecule has 2 N–H and O–H groups in total. The lowest BCUT2D eigenvalue weighted by atomic mass is 10.0. The van der Waals surface area contributed by atoms with Crippen molar-refractivity contribution in [3.8, 4) is 11.1 Å². The van der Waals surface area contributed by atoms with Gasteiger partial charge in [0, 0.05) is 33.7 Å². The van der Waals surface area contributed by atoms with E-state index in [1.54, 1.807) is 24.3 Å². The van der Waals surface area contributed by atoms with Crippen molar-refractivity contribution in [1.29, 1.82) is 0 Å². The zero-order valence-electron chi connectivity index (χ0n) is 18.1. The number of rotatable bonds is 5. The number of nitrogens with one attached hydrogen (secondary N) is 2. The quantitative estimate of drug-likeness (QED) is 0.384. The number of nitrogens with zero attached hydrogens (tertiary/aromatic N) is 1. The molecule has 35 heavy (non-hydrogen) atoms. The summed E-state index contributed by atoms with van der Waals surface area (Å²) in [5.41, 5.74) is 0.248. The van der Waals surface area contributed by atoms with E-state index >= 15 is 0 Å². The average Bonchev–Trinajstić information content (AvgIpc) is 3.38. The van der Waals surface area contributed by atoms with Crippen LogP contribution in [-0.2, 0) is 16.6 Å². The molecule has 2 aromatic carbocycles. The van der Waals surface area contributed by atoms with Crippen molar-refractivity contribution in [3.63, 3.8) is 0 Å². The van der Waals surface area contributed by atoms with Crippen LogP contribution in [-0.4, -0.2) is 30.1 Å². The first-order valence-corrected chi connectivity index (χ1v) is 12.2. The molecule has 178 valence electrons. The molecule has 0 aliphatic rings. The van der Waals surface area contributed by atoms with Crippen molar-refractivity contribution in [1.82, 2.24) is 14.3 Å². The molecule has 0 radical (unpaired) electrons. The summed E-state index contributed by atoms with van der Waals surface area (Å²) >= 11 is 0. The second-order valence-corrected chi connectivity index (χ2v) is 9.70. The van der Waals surface area contributed by atoms with Crippen LogP contribution in [0, 0.1) is 11.6 Å². The maximum atomic E-state index is 14.6. The van der Waals surface area contributed by atoms with E-state index in [2.05, 4.69) is 4.98 Å². The minimum absolute atomic E-state index is 0.0730. The molecule has 5 rings (SSSR count). The van der Waals surface area contributed by atoms with Gasteiger partial charge in [0.25, 0.3) is 11.5 Å². The highest BCUT2D eigenvalue weighted by Crippen LogP contribution is 2.39. The third kappa shape index (κ3) is 3.99. The Morgan fingerprint density at radius 2 is 1.94 bits per heavy atom. The summed E-state index contributed by atoms with van der Waals surface area (Å²) in [6.45, 7) is -0.319. The Labute approximate surface area is 196 Å². The Morgan fingerprint density at radius 1 is 1.14 bits per heavy atom. The summed E-state index contributed by atoms with van der Waals surface area (Å²) in [5, 5.41) is 0.969. The topological polar surface area (TPSA) is 114 Å². The molecule has 0 aliphatic heterocycles. The van der Waals surface area contributed by atoms with Gasteiger partial charge < -0.3 is 14.0 Å². The van der Waals surface area contributed by atoms with E-state index in [1.165, 1.54) is 23.1 Å². The van der Waals surface area contributed by atoms with Crippen LogP contribution < -0.4 is 10.3 Å². The Balaban J connectivity index is 1.93. The molecule has 8 nitrogen and oxygen atoms in total. The van der Waals surface area contributed by atoms with Crippen LogP contribution in [0.5, 0.6) is 0 Å². The van der Waals surface area contributed by atoms with Crippen LogP contribution in [0.25, 0.3) is 33.0 Å². The van der Waals surface area contributed by atoms with Crippen molar-refractivity contribution in [2.75, 3.05) is 6.26 Å². The van der Waals surface area contributed by atoms with E-state index in [-0.39, 0.29) is 28.9 Å². The van der Waals surface area contributed by atoms with E-state index < -0.39 is 33.1 Å². The number of hydrogen-bond donors (Lipinski definition) is 2. The van der Waals surface area contributed by atoms with E-state index in [0.717, 1.165) is 24.5 Å². The average molecular weight is 497 g/mol. The number of furan rings is 1. The predicted molar refractivity (Wildman–Crippen MR) is 126 cm³/mol. The van der Waals surface area contributed by atoms with Gasteiger partial charge in [-0.3, -0.25) is 9.59 Å². The molecule has 0 saturated heterocycles. The third-order valence-electron chi connectivity index (χ3n) is 5.58. The number of amides is 1. The minimum atomic E-state index is -4.01. The molecule has 11 heteroatoms. The first-order valence-electron chi connectivity index (χ1n) is 10.3. The van der Waals surface area contributed by atoms with Crippen LogP contribution in [0.2, 0.25) is 0 Å². The van der Waals surface area contributed by atoms with Gasteiger partial charge in [-0.2, -0.15) is 0 Å². The number of carbonyl (C=O) groups is 1. The number of H-pyrrole nitrogens is 1. The zero-order valence-corrected chi connectivity index (χ0v) is 18.9. The Morgan fingerprint density at radius 3 is 2.69 bits per heavy atom. The van der Waals surface area contributed by atoms with Gasteiger partial charge in [-0.15, -0.1) is 0 Å². The van der Waals surface area contributed by atoms with Gasteiger partial charge >= 0.3 is 0 Å². The van der Waals surface area contributed by atoms with E-state index in [4.69, 9.17) is 4.42 Å². The second-order valence-electron chi connectivity index (χ2n) is 7.95. The van der Waals surface area contributed by atoms with Crippen LogP contribution in [0.15, 0.2) is 70.2 Å². The Bertz CT molecular complexity index is 1800. The summed E-state index contributed by atoms with van der Waals surface area (Å²) in [5.74, 6) is -2.43. The number of benzene rings is 2. The molecule has 5 aromatic rings. The van der Waals surface area contributed by atoms with Crippen molar-refractivity contribution < 1.29 is 26.4 Å². The van der Waals surface area contributed by atoms with E-state index in [1.807, 2.05) is 4.72 Å². The van der Waals surface area contributed by atoms with Crippen LogP contribution >= 0.6 is 0 Å². The monoisotopic (exact) mass is 497 g/mol. The fourth-order valence-electron chi connectivity index (χ4n) is 4.23. The molecule has 0 unspecified atom stereocenters. The maximum Gasteiger partial charge on any atom is 0.282 e. The highest BCUT2D eigenvalue weighted by atomic mass is 32.2. The van der Waals surface area contributed by atoms with Gasteiger partial charge in [0.05, 0.1) is 24.6 Å². The molecule has 0 aliphatic carbocycles. The normalized spacial score (nSPS) is 11.9. The summed E-state index contributed by atoms with van der Waals surface area (Å²) in [4.78, 5) is 28.7. The third-order valence-corrected chi connectivity index (χ3v) is 6.13. The van der Waals surface area contributed by atoms with Gasteiger partial charge in [0.15, 0.2) is 0 Å². The first-order chi connectivity index (χ1) is 16.6. The van der Waals surface area contributed by atoms with Gasteiger partial charge in [0.1, 0.15) is 22.9 Å². The number of aromatic amines is 1. The lowest BCUT2D eigenvalue weighted by Crippen LogP contribution is -2.32. The lowest BCUT2D eigenvalue weighted by molar-refractivity contribution is 0.0974. The molecule has 0 bridgehead atoms. The van der Waals surface area contributed by atoms with Gasteiger partial charge in [-0.1, -0.05) is 0 Å². The number of carbonyl (C=O) groups excluding carboxylic acids is 1. The number of sulfonamides is 1. The van der Waals surface area contributed by atoms with Crippen molar-refractivity contribution in [2.24, 2.45) is 0 Å². The van der Waals surface area contributed by atoms with Crippen molar-refractivity contribution in [2.45, 2.75) is 6.54 Å². The molecule has 3 heterocycles. The van der Waals surface area contributed by atoms with Gasteiger partial charge in [-0.05, 0) is 48.5 Å². The smallest absolute Gasteiger partial charge is 0.282 e. The molecule has 1 amide bonds. The van der Waals surface area contributed by atoms with Gasteiger partial charge in [0.2, 0.25) is 10.0 Å². The van der Waals surface area contributed by atoms with Crippen LogP contribution in [0.3, 0.4) is 0 Å². The maximum absolute atomic E-state index is 14.6. The zero-order chi connectivity index (χ0) is 24.9. The fraction of sp³-hybridized carbons (Fsp3) is 0.0833. The summed E-state index contributed by atoms with van der Waals surface area (Å²) < 4.78 is 61.2. The highest BCUT2D eigenvalue weighted by molar-refractivity contribution is 7.89. The number of hydrogen-bond acceptors (Lipinski definition) is 5. The molecule has 0 spiro atoms. The number of aromatic nitrogens is 2. The number of halogens is 2. The Hall–Kier alpha value is -4.25. The minimum Gasteiger partial charge on any atom is -0.464 e. The summed E-state index contributed by atoms with van der Waals surface area (Å²) in [6, 6.07) is 10.8. The Kier molecular flexibility index (Phi) is 5.28. The standard InChI is InChI=1S/C24H17F2N3O5S/c1-35(32,33)28-24(31)22-21(16-3-2-9-27-23(16)30)20-15-8-10-34-19(15)7-6-18(20)29(22)12-13-11-14(25)4-5-17(13)26/h2-11H,12H2,1H3,(H,27,30)(H,28,31).